The van der Waals surface area contributed by atoms with Gasteiger partial charge in [0.15, 0.2) is 18.1 Å². The molecule has 3 rings (SSSR count). The SMILES string of the molecule is COc1cnc(CSc2nc(C)cs2)cc1OCC(=O)Nc1ccc(C)cc1. The number of thioether (sulfide) groups is 1. The molecule has 0 saturated heterocycles. The van der Waals surface area contributed by atoms with Crippen LogP contribution in [0.4, 0.5) is 5.69 Å². The van der Waals surface area contributed by atoms with Crippen LogP contribution in [0.5, 0.6) is 11.5 Å². The summed E-state index contributed by atoms with van der Waals surface area (Å²) in [5, 5.41) is 4.83. The molecule has 146 valence electrons. The highest BCUT2D eigenvalue weighted by Gasteiger charge is 2.11. The summed E-state index contributed by atoms with van der Waals surface area (Å²) in [6, 6.07) is 9.39. The molecule has 0 aliphatic carbocycles. The smallest absolute Gasteiger partial charge is 0.262 e. The van der Waals surface area contributed by atoms with Gasteiger partial charge in [0, 0.05) is 28.6 Å². The molecule has 0 unspecified atom stereocenters. The predicted molar refractivity (Wildman–Crippen MR) is 113 cm³/mol. The van der Waals surface area contributed by atoms with E-state index in [9.17, 15) is 4.79 Å². The molecular weight excluding hydrogens is 394 g/mol. The number of nitrogens with one attached hydrogen (secondary N) is 1. The van der Waals surface area contributed by atoms with Crippen LogP contribution in [0.1, 0.15) is 17.0 Å². The maximum absolute atomic E-state index is 12.2. The number of ether oxygens (including phenoxy) is 2. The highest BCUT2D eigenvalue weighted by atomic mass is 32.2. The lowest BCUT2D eigenvalue weighted by Crippen LogP contribution is -2.20. The van der Waals surface area contributed by atoms with Crippen LogP contribution in [0.15, 0.2) is 46.2 Å². The van der Waals surface area contributed by atoms with Crippen molar-refractivity contribution in [3.8, 4) is 11.5 Å². The largest absolute Gasteiger partial charge is 0.491 e. The topological polar surface area (TPSA) is 73.3 Å². The van der Waals surface area contributed by atoms with E-state index in [1.807, 2.05) is 43.5 Å². The number of aromatic nitrogens is 2. The lowest BCUT2D eigenvalue weighted by molar-refractivity contribution is -0.118. The predicted octanol–water partition coefficient (Wildman–Crippen LogP) is 4.47. The number of hydrogen-bond donors (Lipinski definition) is 1. The molecule has 0 fully saturated rings. The number of nitrogens with zero attached hydrogens (tertiary/aromatic N) is 2. The molecule has 0 atom stereocenters. The van der Waals surface area contributed by atoms with Gasteiger partial charge < -0.3 is 14.8 Å². The van der Waals surface area contributed by atoms with Gasteiger partial charge in [-0.15, -0.1) is 11.3 Å². The Morgan fingerprint density at radius 3 is 2.68 bits per heavy atom. The number of amides is 1. The Hall–Kier alpha value is -2.58. The summed E-state index contributed by atoms with van der Waals surface area (Å²) < 4.78 is 12.0. The number of carbonyl (C=O) groups excluding carboxylic acids is 1. The summed E-state index contributed by atoms with van der Waals surface area (Å²) in [5.41, 5.74) is 3.71. The Kier molecular flexibility index (Phi) is 6.89. The van der Waals surface area contributed by atoms with Crippen molar-refractivity contribution < 1.29 is 14.3 Å². The molecule has 3 aromatic rings. The summed E-state index contributed by atoms with van der Waals surface area (Å²) in [5.74, 6) is 1.39. The Morgan fingerprint density at radius 2 is 2.00 bits per heavy atom. The van der Waals surface area contributed by atoms with E-state index in [2.05, 4.69) is 15.3 Å². The second-order valence-electron chi connectivity index (χ2n) is 6.07. The van der Waals surface area contributed by atoms with Crippen LogP contribution in [0.2, 0.25) is 0 Å². The van der Waals surface area contributed by atoms with Crippen molar-refractivity contribution in [3.05, 3.63) is 58.9 Å². The van der Waals surface area contributed by atoms with E-state index in [-0.39, 0.29) is 12.5 Å². The lowest BCUT2D eigenvalue weighted by atomic mass is 10.2. The molecule has 1 aromatic carbocycles. The van der Waals surface area contributed by atoms with Crippen LogP contribution in [-0.4, -0.2) is 29.6 Å². The molecule has 0 bridgehead atoms. The summed E-state index contributed by atoms with van der Waals surface area (Å²) in [4.78, 5) is 21.0. The number of methoxy groups -OCH3 is 1. The van der Waals surface area contributed by atoms with Crippen molar-refractivity contribution in [1.82, 2.24) is 9.97 Å². The molecule has 0 radical (unpaired) electrons. The monoisotopic (exact) mass is 415 g/mol. The van der Waals surface area contributed by atoms with Crippen LogP contribution in [0.25, 0.3) is 0 Å². The van der Waals surface area contributed by atoms with E-state index in [0.29, 0.717) is 17.3 Å². The van der Waals surface area contributed by atoms with Gasteiger partial charge >= 0.3 is 0 Å². The molecule has 28 heavy (non-hydrogen) atoms. The number of benzene rings is 1. The number of anilines is 1. The van der Waals surface area contributed by atoms with E-state index in [1.54, 1.807) is 42.5 Å². The minimum absolute atomic E-state index is 0.119. The molecule has 0 aliphatic heterocycles. The Balaban J connectivity index is 1.59. The maximum Gasteiger partial charge on any atom is 0.262 e. The van der Waals surface area contributed by atoms with Crippen LogP contribution in [-0.2, 0) is 10.5 Å². The van der Waals surface area contributed by atoms with Gasteiger partial charge in [0.05, 0.1) is 19.0 Å². The second-order valence-corrected chi connectivity index (χ2v) is 8.15. The Morgan fingerprint density at radius 1 is 1.21 bits per heavy atom. The van der Waals surface area contributed by atoms with Crippen LogP contribution in [0, 0.1) is 13.8 Å². The zero-order chi connectivity index (χ0) is 19.9. The molecule has 2 heterocycles. The van der Waals surface area contributed by atoms with Crippen molar-refractivity contribution in [1.29, 1.82) is 0 Å². The normalized spacial score (nSPS) is 10.5. The number of hydrogen-bond acceptors (Lipinski definition) is 7. The fourth-order valence-corrected chi connectivity index (χ4v) is 4.07. The highest BCUT2D eigenvalue weighted by Crippen LogP contribution is 2.30. The quantitative estimate of drug-likeness (QED) is 0.547. The summed E-state index contributed by atoms with van der Waals surface area (Å²) in [6.45, 7) is 3.85. The zero-order valence-corrected chi connectivity index (χ0v) is 17.5. The van der Waals surface area contributed by atoms with Crippen LogP contribution >= 0.6 is 23.1 Å². The van der Waals surface area contributed by atoms with E-state index in [4.69, 9.17) is 9.47 Å². The number of pyridine rings is 1. The van der Waals surface area contributed by atoms with Gasteiger partial charge in [-0.3, -0.25) is 9.78 Å². The zero-order valence-electron chi connectivity index (χ0n) is 15.9. The van der Waals surface area contributed by atoms with Gasteiger partial charge in [-0.2, -0.15) is 0 Å². The molecule has 1 N–H and O–H groups in total. The van der Waals surface area contributed by atoms with Crippen molar-refractivity contribution in [2.45, 2.75) is 23.9 Å². The number of thiazole rings is 1. The first kappa shape index (κ1) is 20.2. The molecule has 0 saturated carbocycles. The van der Waals surface area contributed by atoms with E-state index >= 15 is 0 Å². The molecular formula is C20H21N3O3S2. The lowest BCUT2D eigenvalue weighted by Gasteiger charge is -2.12. The summed E-state index contributed by atoms with van der Waals surface area (Å²) in [6.07, 6.45) is 1.61. The summed E-state index contributed by atoms with van der Waals surface area (Å²) in [7, 11) is 1.54. The number of carbonyl (C=O) groups is 1. The molecule has 2 aromatic heterocycles. The van der Waals surface area contributed by atoms with Gasteiger partial charge in [0.1, 0.15) is 4.34 Å². The minimum Gasteiger partial charge on any atom is -0.491 e. The van der Waals surface area contributed by atoms with Crippen molar-refractivity contribution >= 4 is 34.7 Å². The second kappa shape index (κ2) is 9.57. The molecule has 0 aliphatic rings. The maximum atomic E-state index is 12.2. The minimum atomic E-state index is -0.239. The first-order valence-corrected chi connectivity index (χ1v) is 10.5. The van der Waals surface area contributed by atoms with Gasteiger partial charge in [0.25, 0.3) is 5.91 Å². The number of rotatable bonds is 8. The van der Waals surface area contributed by atoms with Gasteiger partial charge in [-0.25, -0.2) is 4.98 Å². The summed E-state index contributed by atoms with van der Waals surface area (Å²) >= 11 is 3.22. The fraction of sp³-hybridized carbons (Fsp3) is 0.250. The number of aryl methyl sites for hydroxylation is 2. The van der Waals surface area contributed by atoms with Crippen molar-refractivity contribution in [2.75, 3.05) is 19.0 Å². The van der Waals surface area contributed by atoms with E-state index in [0.717, 1.165) is 27.0 Å². The molecule has 8 heteroatoms. The molecule has 6 nitrogen and oxygen atoms in total. The average Bonchev–Trinajstić information content (AvgIpc) is 3.12. The third-order valence-corrected chi connectivity index (χ3v) is 5.92. The van der Waals surface area contributed by atoms with Crippen LogP contribution in [0.3, 0.4) is 0 Å². The standard InChI is InChI=1S/C20H21N3O3S2/c1-13-4-6-15(7-5-13)23-19(24)10-26-17-8-16(21-9-18(17)25-3)12-28-20-22-14(2)11-27-20/h4-9,11H,10,12H2,1-3H3,(H,23,24). The molecule has 0 spiro atoms. The van der Waals surface area contributed by atoms with Gasteiger partial charge in [0.2, 0.25) is 0 Å². The van der Waals surface area contributed by atoms with Crippen LogP contribution < -0.4 is 14.8 Å². The van der Waals surface area contributed by atoms with E-state index < -0.39 is 0 Å². The first-order valence-electron chi connectivity index (χ1n) is 8.60. The Labute approximate surface area is 172 Å². The highest BCUT2D eigenvalue weighted by molar-refractivity contribution is 8.00. The molecule has 1 amide bonds. The Bertz CT molecular complexity index is 942. The third kappa shape index (κ3) is 5.71. The van der Waals surface area contributed by atoms with E-state index in [1.165, 1.54) is 0 Å². The third-order valence-electron chi connectivity index (χ3n) is 3.74. The van der Waals surface area contributed by atoms with Crippen molar-refractivity contribution in [3.63, 3.8) is 0 Å². The average molecular weight is 416 g/mol. The van der Waals surface area contributed by atoms with Crippen molar-refractivity contribution in [2.24, 2.45) is 0 Å². The van der Waals surface area contributed by atoms with Gasteiger partial charge in [-0.05, 0) is 26.0 Å². The fourth-order valence-electron chi connectivity index (χ4n) is 2.32. The first-order chi connectivity index (χ1) is 13.5. The van der Waals surface area contributed by atoms with Gasteiger partial charge in [-0.1, -0.05) is 29.5 Å².